The van der Waals surface area contributed by atoms with Crippen LogP contribution in [0.2, 0.25) is 0 Å². The Morgan fingerprint density at radius 2 is 1.69 bits per heavy atom. The number of urea groups is 1. The number of ketones is 1. The third kappa shape index (κ3) is 9.32. The molecule has 1 heterocycles. The van der Waals surface area contributed by atoms with Gasteiger partial charge in [0.05, 0.1) is 6.04 Å². The number of primary amides is 1. The van der Waals surface area contributed by atoms with Crippen LogP contribution in [-0.4, -0.2) is 64.6 Å². The van der Waals surface area contributed by atoms with Crippen LogP contribution in [0.4, 0.5) is 4.79 Å². The number of amides is 5. The third-order valence-electron chi connectivity index (χ3n) is 9.27. The summed E-state index contributed by atoms with van der Waals surface area (Å²) in [7, 11) is 0. The minimum absolute atomic E-state index is 0.0445. The summed E-state index contributed by atoms with van der Waals surface area (Å²) in [5.41, 5.74) is 5.28. The van der Waals surface area contributed by atoms with Crippen LogP contribution in [0.25, 0.3) is 0 Å². The van der Waals surface area contributed by atoms with Crippen LogP contribution in [0.5, 0.6) is 0 Å². The van der Waals surface area contributed by atoms with Crippen molar-refractivity contribution in [2.24, 2.45) is 23.0 Å². The summed E-state index contributed by atoms with van der Waals surface area (Å²) in [6.07, 6.45) is 11.7. The Morgan fingerprint density at radius 1 is 1.04 bits per heavy atom. The molecule has 10 heteroatoms. The molecule has 2 aliphatic rings. The van der Waals surface area contributed by atoms with Gasteiger partial charge in [-0.05, 0) is 54.9 Å². The van der Waals surface area contributed by atoms with Gasteiger partial charge in [0.15, 0.2) is 0 Å². The molecule has 5 N–H and O–H groups in total. The highest BCUT2D eigenvalue weighted by Crippen LogP contribution is 2.34. The second kappa shape index (κ2) is 15.4. The van der Waals surface area contributed by atoms with Crippen LogP contribution in [0.3, 0.4) is 0 Å². The van der Waals surface area contributed by atoms with Gasteiger partial charge in [-0.1, -0.05) is 84.2 Å². The van der Waals surface area contributed by atoms with Crippen LogP contribution in [-0.2, 0) is 25.6 Å². The van der Waals surface area contributed by atoms with Gasteiger partial charge in [0.1, 0.15) is 12.1 Å². The predicted octanol–water partition coefficient (Wildman–Crippen LogP) is 3.47. The molecule has 246 valence electrons. The molecule has 0 aromatic heterocycles. The van der Waals surface area contributed by atoms with E-state index in [1.54, 1.807) is 0 Å². The Hall–Kier alpha value is -3.87. The molecule has 1 saturated carbocycles. The topological polar surface area (TPSA) is 151 Å². The number of benzene rings is 1. The zero-order valence-corrected chi connectivity index (χ0v) is 27.5. The van der Waals surface area contributed by atoms with Gasteiger partial charge >= 0.3 is 6.03 Å². The summed E-state index contributed by atoms with van der Waals surface area (Å²) in [4.78, 5) is 67.5. The van der Waals surface area contributed by atoms with Crippen molar-refractivity contribution in [2.45, 2.75) is 116 Å². The van der Waals surface area contributed by atoms with Gasteiger partial charge in [-0.2, -0.15) is 0 Å². The van der Waals surface area contributed by atoms with Crippen LogP contribution >= 0.6 is 0 Å². The number of nitrogens with zero attached hydrogens (tertiary/aromatic N) is 1. The van der Waals surface area contributed by atoms with E-state index in [4.69, 9.17) is 12.2 Å². The number of Topliss-reactive ketones (excluding diaryl/α,β-unsaturated/α-hetero) is 1. The summed E-state index contributed by atoms with van der Waals surface area (Å²) in [6.45, 7) is 9.90. The van der Waals surface area contributed by atoms with Gasteiger partial charge in [0, 0.05) is 18.5 Å². The lowest BCUT2D eigenvalue weighted by Gasteiger charge is -2.40. The lowest BCUT2D eigenvalue weighted by molar-refractivity contribution is -0.144. The minimum Gasteiger partial charge on any atom is -0.363 e. The maximum absolute atomic E-state index is 14.3. The zero-order valence-electron chi connectivity index (χ0n) is 27.5. The van der Waals surface area contributed by atoms with Crippen molar-refractivity contribution in [3.63, 3.8) is 0 Å². The van der Waals surface area contributed by atoms with E-state index in [0.29, 0.717) is 19.4 Å². The average Bonchev–Trinajstić information content (AvgIpc) is 3.43. The highest BCUT2D eigenvalue weighted by atomic mass is 16.2. The van der Waals surface area contributed by atoms with Crippen LogP contribution in [0.15, 0.2) is 30.3 Å². The molecule has 45 heavy (non-hydrogen) atoms. The first kappa shape index (κ1) is 35.6. The van der Waals surface area contributed by atoms with E-state index in [0.717, 1.165) is 37.7 Å². The number of rotatable bonds is 12. The first-order chi connectivity index (χ1) is 21.2. The Kier molecular flexibility index (Phi) is 12.2. The standard InChI is InChI=1S/C35H51N5O5/c1-7-8-17-26(28(41)30(36)42)37-31(43)27-25(23(2)3)18-21-40(27)32(44)29(34(4,5)6)38-33(45)39-35(19-13-10-14-20-35)22-24-15-11-9-12-16-24/h1,9,11-12,15-16,23,25-27,29H,8,10,13-14,17-22H2,2-6H3,(H2,36,42)(H,37,43)(H2,38,39,45)/t25?,26?,27-,29+/m0/s1. The summed E-state index contributed by atoms with van der Waals surface area (Å²) in [6, 6.07) is 6.66. The summed E-state index contributed by atoms with van der Waals surface area (Å²) < 4.78 is 0. The molecule has 2 fully saturated rings. The molecule has 10 nitrogen and oxygen atoms in total. The van der Waals surface area contributed by atoms with Gasteiger partial charge in [-0.3, -0.25) is 19.2 Å². The van der Waals surface area contributed by atoms with E-state index < -0.39 is 52.7 Å². The molecule has 0 radical (unpaired) electrons. The third-order valence-corrected chi connectivity index (χ3v) is 9.27. The molecule has 0 bridgehead atoms. The van der Waals surface area contributed by atoms with Crippen LogP contribution < -0.4 is 21.7 Å². The van der Waals surface area contributed by atoms with E-state index in [1.165, 1.54) is 4.90 Å². The zero-order chi connectivity index (χ0) is 33.4. The second-order valence-electron chi connectivity index (χ2n) is 14.1. The summed E-state index contributed by atoms with van der Waals surface area (Å²) >= 11 is 0. The van der Waals surface area contributed by atoms with Crippen molar-refractivity contribution in [3.05, 3.63) is 35.9 Å². The Labute approximate surface area is 268 Å². The van der Waals surface area contributed by atoms with E-state index in [1.807, 2.05) is 52.8 Å². The molecule has 5 amide bonds. The fraction of sp³-hybridized carbons (Fsp3) is 0.629. The minimum atomic E-state index is -1.19. The van der Waals surface area contributed by atoms with Crippen molar-refractivity contribution in [1.82, 2.24) is 20.9 Å². The molecular weight excluding hydrogens is 570 g/mol. The predicted molar refractivity (Wildman–Crippen MR) is 174 cm³/mol. The molecule has 2 unspecified atom stereocenters. The van der Waals surface area contributed by atoms with E-state index >= 15 is 0 Å². The van der Waals surface area contributed by atoms with Crippen molar-refractivity contribution in [1.29, 1.82) is 0 Å². The SMILES string of the molecule is C#CCCC(NC(=O)[C@@H]1C(C(C)C)CCN1C(=O)[C@@H](NC(=O)NC1(Cc2ccccc2)CCCCC1)C(C)(C)C)C(=O)C(N)=O. The van der Waals surface area contributed by atoms with Crippen molar-refractivity contribution < 1.29 is 24.0 Å². The highest BCUT2D eigenvalue weighted by molar-refractivity contribution is 6.37. The Bertz CT molecular complexity index is 1260. The smallest absolute Gasteiger partial charge is 0.315 e. The lowest BCUT2D eigenvalue weighted by atomic mass is 9.77. The number of nitrogens with one attached hydrogen (secondary N) is 3. The molecule has 1 aromatic rings. The van der Waals surface area contributed by atoms with Crippen LogP contribution in [0.1, 0.15) is 91.5 Å². The number of nitrogens with two attached hydrogens (primary N) is 1. The lowest BCUT2D eigenvalue weighted by Crippen LogP contribution is -2.63. The maximum atomic E-state index is 14.3. The van der Waals surface area contributed by atoms with E-state index in [9.17, 15) is 24.0 Å². The quantitative estimate of drug-likeness (QED) is 0.208. The first-order valence-corrected chi connectivity index (χ1v) is 16.2. The molecule has 1 aromatic carbocycles. The summed E-state index contributed by atoms with van der Waals surface area (Å²) in [5, 5.41) is 8.91. The van der Waals surface area contributed by atoms with Gasteiger partial charge in [0.25, 0.3) is 5.91 Å². The molecule has 4 atom stereocenters. The monoisotopic (exact) mass is 621 g/mol. The molecular formula is C35H51N5O5. The summed E-state index contributed by atoms with van der Waals surface area (Å²) in [5.74, 6) is -0.752. The number of likely N-dealkylation sites (tertiary alicyclic amines) is 1. The van der Waals surface area contributed by atoms with Crippen molar-refractivity contribution in [2.75, 3.05) is 6.54 Å². The molecule has 1 saturated heterocycles. The van der Waals surface area contributed by atoms with Crippen molar-refractivity contribution >= 4 is 29.5 Å². The largest absolute Gasteiger partial charge is 0.363 e. The van der Waals surface area contributed by atoms with Gasteiger partial charge in [0.2, 0.25) is 17.6 Å². The van der Waals surface area contributed by atoms with Crippen LogP contribution in [0, 0.1) is 29.6 Å². The number of terminal acetylenes is 1. The Morgan fingerprint density at radius 3 is 2.24 bits per heavy atom. The number of carbonyl (C=O) groups excluding carboxylic acids is 5. The average molecular weight is 622 g/mol. The second-order valence-corrected chi connectivity index (χ2v) is 14.1. The Balaban J connectivity index is 1.84. The van der Waals surface area contributed by atoms with Gasteiger partial charge in [-0.25, -0.2) is 4.79 Å². The molecule has 1 aliphatic carbocycles. The molecule has 1 aliphatic heterocycles. The number of hydrogen-bond acceptors (Lipinski definition) is 5. The van der Waals surface area contributed by atoms with Gasteiger partial charge < -0.3 is 26.6 Å². The molecule has 0 spiro atoms. The fourth-order valence-corrected chi connectivity index (χ4v) is 6.81. The first-order valence-electron chi connectivity index (χ1n) is 16.2. The molecule has 3 rings (SSSR count). The van der Waals surface area contributed by atoms with E-state index in [2.05, 4.69) is 34.0 Å². The normalized spacial score (nSPS) is 20.9. The fourth-order valence-electron chi connectivity index (χ4n) is 6.81. The number of hydrogen-bond donors (Lipinski definition) is 4. The maximum Gasteiger partial charge on any atom is 0.315 e. The number of carbonyl (C=O) groups is 5. The van der Waals surface area contributed by atoms with E-state index in [-0.39, 0.29) is 30.6 Å². The van der Waals surface area contributed by atoms with Gasteiger partial charge in [-0.15, -0.1) is 12.3 Å². The van der Waals surface area contributed by atoms with Crippen molar-refractivity contribution in [3.8, 4) is 12.3 Å². The highest BCUT2D eigenvalue weighted by Gasteiger charge is 2.48.